The summed E-state index contributed by atoms with van der Waals surface area (Å²) in [4.78, 5) is 26.0. The van der Waals surface area contributed by atoms with Crippen LogP contribution in [0.2, 0.25) is 0 Å². The number of quaternary nitrogens is 1. The van der Waals surface area contributed by atoms with Crippen molar-refractivity contribution in [1.82, 2.24) is 10.3 Å². The maximum absolute atomic E-state index is 13.3. The van der Waals surface area contributed by atoms with Crippen molar-refractivity contribution in [3.05, 3.63) is 24.0 Å². The van der Waals surface area contributed by atoms with Gasteiger partial charge in [0, 0.05) is 5.39 Å². The summed E-state index contributed by atoms with van der Waals surface area (Å²) in [7, 11) is 0. The Balaban J connectivity index is 1.77. The third-order valence-corrected chi connectivity index (χ3v) is 3.60. The van der Waals surface area contributed by atoms with E-state index in [1.165, 1.54) is 18.2 Å². The minimum Gasteiger partial charge on any atom is -0.493 e. The van der Waals surface area contributed by atoms with E-state index in [1.54, 1.807) is 5.32 Å². The van der Waals surface area contributed by atoms with E-state index in [2.05, 4.69) is 20.5 Å². The second-order valence-corrected chi connectivity index (χ2v) is 5.23. The van der Waals surface area contributed by atoms with Crippen molar-refractivity contribution in [1.29, 1.82) is 0 Å². The number of carbonyl (C=O) groups is 2. The largest absolute Gasteiger partial charge is 0.493 e. The Bertz CT molecular complexity index is 801. The van der Waals surface area contributed by atoms with E-state index in [9.17, 15) is 19.1 Å². The molecule has 9 heteroatoms. The quantitative estimate of drug-likeness (QED) is 0.598. The highest BCUT2D eigenvalue weighted by Crippen LogP contribution is 2.35. The summed E-state index contributed by atoms with van der Waals surface area (Å²) < 4.78 is 13.3. The van der Waals surface area contributed by atoms with Crippen LogP contribution in [0, 0.1) is 5.82 Å². The van der Waals surface area contributed by atoms with E-state index in [0.29, 0.717) is 24.0 Å². The first-order valence-electron chi connectivity index (χ1n) is 7.10. The molecule has 1 aliphatic heterocycles. The van der Waals surface area contributed by atoms with E-state index in [4.69, 9.17) is 0 Å². The number of azo groups is 1. The number of nitrogens with one attached hydrogen (secondary N) is 2. The van der Waals surface area contributed by atoms with E-state index < -0.39 is 17.8 Å². The average molecular weight is 320 g/mol. The highest BCUT2D eigenvalue weighted by atomic mass is 19.1. The van der Waals surface area contributed by atoms with Gasteiger partial charge in [-0.25, -0.2) is 4.39 Å². The summed E-state index contributed by atoms with van der Waals surface area (Å²) in [5.41, 5.74) is 0.468. The van der Waals surface area contributed by atoms with Gasteiger partial charge in [-0.1, -0.05) is 0 Å². The lowest BCUT2D eigenvalue weighted by Gasteiger charge is -2.18. The van der Waals surface area contributed by atoms with Gasteiger partial charge in [0.25, 0.3) is 11.8 Å². The summed E-state index contributed by atoms with van der Waals surface area (Å²) in [6.45, 7) is 1.27. The summed E-state index contributed by atoms with van der Waals surface area (Å²) in [6, 6.07) is 3.35. The van der Waals surface area contributed by atoms with Gasteiger partial charge < -0.3 is 20.7 Å². The van der Waals surface area contributed by atoms with E-state index in [-0.39, 0.29) is 23.9 Å². The molecule has 0 radical (unpaired) electrons. The second-order valence-electron chi connectivity index (χ2n) is 5.23. The van der Waals surface area contributed by atoms with Crippen LogP contribution in [0.3, 0.4) is 0 Å². The Kier molecular flexibility index (Phi) is 4.02. The number of carbonyl (C=O) groups excluding carboxylic acids is 2. The van der Waals surface area contributed by atoms with Crippen LogP contribution in [0.5, 0.6) is 5.88 Å². The smallest absolute Gasteiger partial charge is 0.279 e. The third kappa shape index (κ3) is 3.19. The monoisotopic (exact) mass is 320 g/mol. The molecule has 1 atom stereocenters. The Labute approximate surface area is 129 Å². The highest BCUT2D eigenvalue weighted by molar-refractivity contribution is 5.94. The number of aromatic hydroxyl groups is 1. The number of halogens is 1. The predicted octanol–water partition coefficient (Wildman–Crippen LogP) is 0.0748. The Morgan fingerprint density at radius 3 is 3.09 bits per heavy atom. The summed E-state index contributed by atoms with van der Waals surface area (Å²) in [5, 5.41) is 21.8. The summed E-state index contributed by atoms with van der Waals surface area (Å²) in [5.74, 6) is -1.60. The van der Waals surface area contributed by atoms with Crippen molar-refractivity contribution in [2.75, 3.05) is 13.1 Å². The molecule has 23 heavy (non-hydrogen) atoms. The third-order valence-electron chi connectivity index (χ3n) is 3.60. The molecule has 1 saturated heterocycles. The number of nitrogens with two attached hydrogens (primary N) is 1. The van der Waals surface area contributed by atoms with Crippen LogP contribution in [0.15, 0.2) is 28.4 Å². The number of H-pyrrole nitrogens is 1. The van der Waals surface area contributed by atoms with Gasteiger partial charge in [0.05, 0.1) is 25.0 Å². The van der Waals surface area contributed by atoms with Crippen molar-refractivity contribution in [2.24, 2.45) is 10.2 Å². The lowest BCUT2D eigenvalue weighted by atomic mass is 10.1. The van der Waals surface area contributed by atoms with Crippen molar-refractivity contribution in [3.63, 3.8) is 0 Å². The fourth-order valence-electron chi connectivity index (χ4n) is 2.47. The first-order valence-corrected chi connectivity index (χ1v) is 7.10. The molecule has 8 nitrogen and oxygen atoms in total. The fourth-order valence-corrected chi connectivity index (χ4v) is 2.47. The zero-order valence-corrected chi connectivity index (χ0v) is 12.0. The number of aromatic amines is 1. The van der Waals surface area contributed by atoms with E-state index >= 15 is 0 Å². The summed E-state index contributed by atoms with van der Waals surface area (Å²) >= 11 is 0. The van der Waals surface area contributed by atoms with Crippen LogP contribution >= 0.6 is 0 Å². The van der Waals surface area contributed by atoms with Gasteiger partial charge in [0.2, 0.25) is 5.88 Å². The zero-order valence-electron chi connectivity index (χ0n) is 12.0. The molecule has 1 aliphatic rings. The second kappa shape index (κ2) is 6.13. The minimum absolute atomic E-state index is 0.00933. The Morgan fingerprint density at radius 2 is 2.30 bits per heavy atom. The summed E-state index contributed by atoms with van der Waals surface area (Å²) in [6.07, 6.45) is -0.0905. The molecule has 0 spiro atoms. The SMILES string of the molecule is O=C(C[C@@H]1[NH2+]CCNC1=O)N=Nc1c(O)[nH]c2ccc(F)cc12. The molecule has 0 unspecified atom stereocenters. The average Bonchev–Trinajstić information content (AvgIpc) is 2.82. The fraction of sp³-hybridized carbons (Fsp3) is 0.286. The topological polar surface area (TPSA) is 124 Å². The van der Waals surface area contributed by atoms with Crippen LogP contribution in [0.4, 0.5) is 10.1 Å². The molecule has 0 bridgehead atoms. The molecular formula is C14H15FN5O3+. The first-order chi connectivity index (χ1) is 11.0. The molecule has 1 fully saturated rings. The molecule has 5 N–H and O–H groups in total. The Morgan fingerprint density at radius 1 is 1.48 bits per heavy atom. The number of aromatic nitrogens is 1. The van der Waals surface area contributed by atoms with Crippen LogP contribution in [0.25, 0.3) is 10.9 Å². The zero-order chi connectivity index (χ0) is 16.4. The number of benzene rings is 1. The van der Waals surface area contributed by atoms with Crippen molar-refractivity contribution in [2.45, 2.75) is 12.5 Å². The molecule has 0 saturated carbocycles. The van der Waals surface area contributed by atoms with E-state index in [1.807, 2.05) is 0 Å². The molecular weight excluding hydrogens is 305 g/mol. The number of nitrogens with zero attached hydrogens (tertiary/aromatic N) is 2. The lowest BCUT2D eigenvalue weighted by molar-refractivity contribution is -0.678. The molecule has 2 aromatic rings. The molecule has 2 amide bonds. The number of piperazine rings is 1. The van der Waals surface area contributed by atoms with Gasteiger partial charge >= 0.3 is 0 Å². The molecule has 3 rings (SSSR count). The van der Waals surface area contributed by atoms with E-state index in [0.717, 1.165) is 0 Å². The molecule has 1 aromatic heterocycles. The van der Waals surface area contributed by atoms with Gasteiger partial charge in [0.15, 0.2) is 11.7 Å². The highest BCUT2D eigenvalue weighted by Gasteiger charge is 2.27. The van der Waals surface area contributed by atoms with Crippen molar-refractivity contribution in [3.8, 4) is 5.88 Å². The van der Waals surface area contributed by atoms with Gasteiger partial charge in [-0.2, -0.15) is 0 Å². The van der Waals surface area contributed by atoms with Gasteiger partial charge in [-0.05, 0) is 18.2 Å². The number of fused-ring (bicyclic) bond motifs is 1. The molecule has 1 aromatic carbocycles. The van der Waals surface area contributed by atoms with Crippen molar-refractivity contribution >= 4 is 28.4 Å². The van der Waals surface area contributed by atoms with Crippen molar-refractivity contribution < 1.29 is 24.4 Å². The van der Waals surface area contributed by atoms with Gasteiger partial charge in [-0.3, -0.25) is 9.59 Å². The predicted molar refractivity (Wildman–Crippen MR) is 77.7 cm³/mol. The minimum atomic E-state index is -0.589. The molecule has 0 aliphatic carbocycles. The number of hydrogen-bond acceptors (Lipinski definition) is 4. The lowest BCUT2D eigenvalue weighted by Crippen LogP contribution is -2.96. The van der Waals surface area contributed by atoms with Crippen LogP contribution in [-0.4, -0.2) is 41.0 Å². The molecule has 2 heterocycles. The van der Waals surface area contributed by atoms with Crippen LogP contribution in [0.1, 0.15) is 6.42 Å². The van der Waals surface area contributed by atoms with Gasteiger partial charge in [-0.15, -0.1) is 10.2 Å². The van der Waals surface area contributed by atoms with Crippen LogP contribution < -0.4 is 10.6 Å². The Hall–Kier alpha value is -2.81. The first kappa shape index (κ1) is 15.1. The maximum Gasteiger partial charge on any atom is 0.279 e. The van der Waals surface area contributed by atoms with Crippen LogP contribution in [-0.2, 0) is 9.59 Å². The normalized spacial score (nSPS) is 18.5. The number of hydrogen-bond donors (Lipinski definition) is 4. The number of rotatable bonds is 3. The van der Waals surface area contributed by atoms with Gasteiger partial charge in [0.1, 0.15) is 5.82 Å². The molecule has 120 valence electrons. The maximum atomic E-state index is 13.3. The number of amides is 2. The standard InChI is InChI=1S/C14H14FN5O3/c15-7-1-2-9-8(5-7)12(14(23)18-9)20-19-11(21)6-10-13(22)17-4-3-16-10/h1-2,5,10,16,18,23H,3-4,6H2,(H,17,22)/p+1/t10-/m0/s1.